The van der Waals surface area contributed by atoms with Crippen LogP contribution in [0.2, 0.25) is 5.02 Å². The van der Waals surface area contributed by atoms with Gasteiger partial charge in [-0.25, -0.2) is 24.9 Å². The third-order valence-electron chi connectivity index (χ3n) is 4.31. The predicted octanol–water partition coefficient (Wildman–Crippen LogP) is 3.62. The first-order valence-electron chi connectivity index (χ1n) is 9.08. The first kappa shape index (κ1) is 22.5. The molecule has 0 aromatic carbocycles. The Morgan fingerprint density at radius 1 is 1.12 bits per heavy atom. The van der Waals surface area contributed by atoms with Crippen LogP contribution in [0.3, 0.4) is 0 Å². The lowest BCUT2D eigenvalue weighted by Gasteiger charge is -2.11. The molecule has 0 aliphatic rings. The van der Waals surface area contributed by atoms with Gasteiger partial charge in [-0.05, 0) is 13.0 Å². The summed E-state index contributed by atoms with van der Waals surface area (Å²) in [5.41, 5.74) is -0.323. The summed E-state index contributed by atoms with van der Waals surface area (Å²) in [5.74, 6) is -1.54. The number of hydrogen-bond donors (Lipinski definition) is 3. The largest absolute Gasteiger partial charge is 0.418 e. The van der Waals surface area contributed by atoms with Gasteiger partial charge in [0.2, 0.25) is 0 Å². The second kappa shape index (κ2) is 8.71. The van der Waals surface area contributed by atoms with E-state index in [-0.39, 0.29) is 16.4 Å². The molecule has 4 heterocycles. The summed E-state index contributed by atoms with van der Waals surface area (Å²) >= 11 is 6.49. The molecule has 0 spiro atoms. The van der Waals surface area contributed by atoms with Crippen molar-refractivity contribution in [3.8, 4) is 0 Å². The van der Waals surface area contributed by atoms with Crippen LogP contribution in [0, 0.1) is 0 Å². The summed E-state index contributed by atoms with van der Waals surface area (Å²) in [6.07, 6.45) is -0.0475. The highest BCUT2D eigenvalue weighted by Crippen LogP contribution is 2.35. The number of hydrogen-bond acceptors (Lipinski definition) is 8. The lowest BCUT2D eigenvalue weighted by Crippen LogP contribution is -2.27. The number of nitrogens with zero attached hydrogens (tertiary/aromatic N) is 5. The Morgan fingerprint density at radius 3 is 2.67 bits per heavy atom. The summed E-state index contributed by atoms with van der Waals surface area (Å²) in [7, 11) is 0. The van der Waals surface area contributed by atoms with Crippen LogP contribution < -0.4 is 10.6 Å². The topological polar surface area (TPSA) is 138 Å². The maximum Gasteiger partial charge on any atom is 0.418 e. The van der Waals surface area contributed by atoms with Gasteiger partial charge in [0.05, 0.1) is 29.2 Å². The van der Waals surface area contributed by atoms with Crippen molar-refractivity contribution in [2.75, 3.05) is 5.32 Å². The average molecular weight is 497 g/mol. The Hall–Kier alpha value is -3.65. The Morgan fingerprint density at radius 2 is 1.91 bits per heavy atom. The van der Waals surface area contributed by atoms with Crippen LogP contribution >= 0.6 is 22.9 Å². The van der Waals surface area contributed by atoms with E-state index < -0.39 is 34.6 Å². The number of alkyl halides is 3. The zero-order valence-electron chi connectivity index (χ0n) is 16.4. The van der Waals surface area contributed by atoms with E-state index in [4.69, 9.17) is 11.6 Å². The highest BCUT2D eigenvalue weighted by Gasteiger charge is 2.34. The summed E-state index contributed by atoms with van der Waals surface area (Å²) in [6, 6.07) is 0.0469. The third kappa shape index (κ3) is 4.75. The van der Waals surface area contributed by atoms with E-state index in [1.807, 2.05) is 0 Å². The molecule has 0 fully saturated rings. The molecule has 4 aromatic heterocycles. The van der Waals surface area contributed by atoms with Gasteiger partial charge in [-0.1, -0.05) is 11.6 Å². The number of rotatable bonds is 5. The van der Waals surface area contributed by atoms with E-state index in [0.717, 1.165) is 17.5 Å². The van der Waals surface area contributed by atoms with Crippen LogP contribution in [-0.4, -0.2) is 41.7 Å². The summed E-state index contributed by atoms with van der Waals surface area (Å²) in [4.78, 5) is 47.6. The van der Waals surface area contributed by atoms with Crippen molar-refractivity contribution in [1.29, 1.82) is 0 Å². The number of halogens is 4. The van der Waals surface area contributed by atoms with E-state index in [1.54, 1.807) is 6.92 Å². The maximum absolute atomic E-state index is 13.0. The number of carbonyl (C=O) groups excluding carboxylic acids is 2. The van der Waals surface area contributed by atoms with E-state index in [9.17, 15) is 22.8 Å². The van der Waals surface area contributed by atoms with E-state index >= 15 is 0 Å². The fourth-order valence-electron chi connectivity index (χ4n) is 2.76. The van der Waals surface area contributed by atoms with E-state index in [0.29, 0.717) is 22.2 Å². The number of aromatic amines is 1. The van der Waals surface area contributed by atoms with Gasteiger partial charge in [-0.15, -0.1) is 11.3 Å². The number of H-pyrrole nitrogens is 1. The number of thiazole rings is 1. The summed E-state index contributed by atoms with van der Waals surface area (Å²) < 4.78 is 39.0. The molecular weight excluding hydrogens is 485 g/mol. The van der Waals surface area contributed by atoms with Crippen molar-refractivity contribution in [1.82, 2.24) is 35.2 Å². The number of nitrogens with one attached hydrogen (secondary N) is 3. The second-order valence-corrected chi connectivity index (χ2v) is 8.05. The zero-order chi connectivity index (χ0) is 23.8. The fourth-order valence-corrected chi connectivity index (χ4v) is 3.78. The quantitative estimate of drug-likeness (QED) is 0.383. The van der Waals surface area contributed by atoms with Gasteiger partial charge in [-0.2, -0.15) is 13.2 Å². The predicted molar refractivity (Wildman–Crippen MR) is 112 cm³/mol. The minimum absolute atomic E-state index is 0.0909. The highest BCUT2D eigenvalue weighted by atomic mass is 35.5. The Bertz CT molecular complexity index is 1360. The van der Waals surface area contributed by atoms with Crippen molar-refractivity contribution < 1.29 is 22.8 Å². The van der Waals surface area contributed by atoms with Crippen LogP contribution in [0.25, 0.3) is 11.2 Å². The SMILES string of the molecule is CC(NC(=O)c1ncnc2nc[nH]c12)c1ncc(C(=O)Nc2cc(C(F)(F)F)c(Cl)cn2)s1. The standard InChI is InChI=1S/C18H12ClF3N8O2S/c1-7(29-16(32)13-12-14(27-5-25-12)28-6-26-13)17-24-4-10(33-17)15(31)30-11-2-8(18(20,21)22)9(19)3-23-11/h2-7H,1H3,(H,29,32)(H,23,30,31)(H,25,26,27,28). The first-order valence-corrected chi connectivity index (χ1v) is 10.3. The molecule has 2 amide bonds. The first-order chi connectivity index (χ1) is 15.6. The van der Waals surface area contributed by atoms with Crippen molar-refractivity contribution >= 4 is 51.7 Å². The van der Waals surface area contributed by atoms with Gasteiger partial charge in [-0.3, -0.25) is 9.59 Å². The number of fused-ring (bicyclic) bond motifs is 1. The Labute approximate surface area is 191 Å². The molecule has 33 heavy (non-hydrogen) atoms. The van der Waals surface area contributed by atoms with Gasteiger partial charge in [0.15, 0.2) is 11.3 Å². The van der Waals surface area contributed by atoms with Crippen LogP contribution in [0.4, 0.5) is 19.0 Å². The molecule has 1 atom stereocenters. The normalized spacial score (nSPS) is 12.5. The Kier molecular flexibility index (Phi) is 5.95. The number of pyridine rings is 1. The number of carbonyl (C=O) groups is 2. The number of aromatic nitrogens is 6. The minimum atomic E-state index is -4.70. The van der Waals surface area contributed by atoms with Crippen molar-refractivity contribution in [2.45, 2.75) is 19.1 Å². The van der Waals surface area contributed by atoms with Crippen LogP contribution in [-0.2, 0) is 6.18 Å². The van der Waals surface area contributed by atoms with Crippen molar-refractivity contribution in [3.63, 3.8) is 0 Å². The van der Waals surface area contributed by atoms with Gasteiger partial charge in [0, 0.05) is 6.20 Å². The number of anilines is 1. The molecule has 0 bridgehead atoms. The van der Waals surface area contributed by atoms with Gasteiger partial charge >= 0.3 is 6.18 Å². The minimum Gasteiger partial charge on any atom is -0.342 e. The molecule has 15 heteroatoms. The highest BCUT2D eigenvalue weighted by molar-refractivity contribution is 7.13. The molecule has 170 valence electrons. The maximum atomic E-state index is 13.0. The molecule has 4 aromatic rings. The summed E-state index contributed by atoms with van der Waals surface area (Å²) in [5, 5.41) is 4.80. The lowest BCUT2D eigenvalue weighted by atomic mass is 10.2. The Balaban J connectivity index is 1.46. The molecule has 0 aliphatic heterocycles. The van der Waals surface area contributed by atoms with E-state index in [1.165, 1.54) is 18.9 Å². The van der Waals surface area contributed by atoms with E-state index in [2.05, 4.69) is 40.5 Å². The second-order valence-electron chi connectivity index (χ2n) is 6.58. The molecule has 0 saturated heterocycles. The number of amides is 2. The van der Waals surface area contributed by atoms with Crippen molar-refractivity contribution in [3.05, 3.63) is 57.3 Å². The molecule has 0 aliphatic carbocycles. The molecular formula is C18H12ClF3N8O2S. The average Bonchev–Trinajstić information content (AvgIpc) is 3.43. The molecule has 10 nitrogen and oxygen atoms in total. The molecule has 0 saturated carbocycles. The molecule has 4 rings (SSSR count). The van der Waals surface area contributed by atoms with Gasteiger partial charge < -0.3 is 15.6 Å². The molecule has 0 radical (unpaired) electrons. The van der Waals surface area contributed by atoms with Crippen molar-refractivity contribution in [2.24, 2.45) is 0 Å². The van der Waals surface area contributed by atoms with Gasteiger partial charge in [0.1, 0.15) is 27.5 Å². The lowest BCUT2D eigenvalue weighted by molar-refractivity contribution is -0.137. The number of imidazole rings is 1. The zero-order valence-corrected chi connectivity index (χ0v) is 18.0. The monoisotopic (exact) mass is 496 g/mol. The smallest absolute Gasteiger partial charge is 0.342 e. The van der Waals surface area contributed by atoms with Crippen LogP contribution in [0.5, 0.6) is 0 Å². The molecule has 3 N–H and O–H groups in total. The van der Waals surface area contributed by atoms with Crippen LogP contribution in [0.1, 0.15) is 43.7 Å². The summed E-state index contributed by atoms with van der Waals surface area (Å²) in [6.45, 7) is 1.65. The third-order valence-corrected chi connectivity index (χ3v) is 5.79. The van der Waals surface area contributed by atoms with Gasteiger partial charge in [0.25, 0.3) is 11.8 Å². The fraction of sp³-hybridized carbons (Fsp3) is 0.167. The molecule has 1 unspecified atom stereocenters. The van der Waals surface area contributed by atoms with Crippen LogP contribution in [0.15, 0.2) is 31.1 Å².